The Morgan fingerprint density at radius 2 is 1.76 bits per heavy atom. The molecule has 0 aliphatic heterocycles. The third kappa shape index (κ3) is 6.08. The first kappa shape index (κ1) is 18.7. The van der Waals surface area contributed by atoms with Crippen LogP contribution in [0.3, 0.4) is 0 Å². The Bertz CT molecular complexity index is 706. The van der Waals surface area contributed by atoms with E-state index in [1.165, 1.54) is 0 Å². The topological polar surface area (TPSA) is 52.6 Å². The van der Waals surface area contributed by atoms with E-state index in [1.54, 1.807) is 12.1 Å². The fourth-order valence-electron chi connectivity index (χ4n) is 2.56. The van der Waals surface area contributed by atoms with Crippen LogP contribution in [0.25, 0.3) is 6.08 Å². The molecule has 4 heteroatoms. The smallest absolute Gasteiger partial charge is 0.246 e. The molecule has 1 atom stereocenters. The predicted molar refractivity (Wildman–Crippen MR) is 102 cm³/mol. The van der Waals surface area contributed by atoms with E-state index in [1.807, 2.05) is 69.6 Å². The van der Waals surface area contributed by atoms with Crippen LogP contribution in [-0.2, 0) is 11.2 Å². The monoisotopic (exact) mass is 338 g/mol. The van der Waals surface area contributed by atoms with E-state index in [9.17, 15) is 9.90 Å². The molecule has 2 aromatic rings. The lowest BCUT2D eigenvalue weighted by Crippen LogP contribution is -2.41. The maximum atomic E-state index is 12.3. The molecule has 0 saturated carbocycles. The Kier molecular flexibility index (Phi) is 6.78. The molecular weight excluding hydrogens is 312 g/mol. The van der Waals surface area contributed by atoms with E-state index in [0.717, 1.165) is 17.5 Å². The lowest BCUT2D eigenvalue weighted by atomic mass is 10.0. The highest BCUT2D eigenvalue weighted by Crippen LogP contribution is 2.13. The van der Waals surface area contributed by atoms with Crippen molar-refractivity contribution in [3.63, 3.8) is 0 Å². The van der Waals surface area contributed by atoms with Crippen LogP contribution in [0.2, 0.25) is 0 Å². The molecule has 0 aliphatic rings. The summed E-state index contributed by atoms with van der Waals surface area (Å²) >= 11 is 0. The molecule has 0 heterocycles. The van der Waals surface area contributed by atoms with Crippen molar-refractivity contribution in [2.45, 2.75) is 19.4 Å². The van der Waals surface area contributed by atoms with E-state index in [-0.39, 0.29) is 17.7 Å². The van der Waals surface area contributed by atoms with Gasteiger partial charge in [0.05, 0.1) is 0 Å². The van der Waals surface area contributed by atoms with E-state index in [2.05, 4.69) is 10.2 Å². The highest BCUT2D eigenvalue weighted by atomic mass is 16.3. The molecule has 0 spiro atoms. The van der Waals surface area contributed by atoms with Crippen molar-refractivity contribution in [3.05, 3.63) is 71.3 Å². The molecule has 2 aromatic carbocycles. The van der Waals surface area contributed by atoms with Gasteiger partial charge in [0.25, 0.3) is 0 Å². The molecule has 0 saturated heterocycles. The van der Waals surface area contributed by atoms with Crippen LogP contribution >= 0.6 is 0 Å². The minimum atomic E-state index is -0.0543. The highest BCUT2D eigenvalue weighted by molar-refractivity contribution is 5.97. The molecule has 0 bridgehead atoms. The molecule has 0 radical (unpaired) electrons. The number of carbonyl (C=O) groups is 1. The third-order valence-corrected chi connectivity index (χ3v) is 4.18. The SMILES string of the molecule is C/C(=C\c1ccccc1)C(=O)NC[C@H](Cc1ccc(O)cc1)N(C)C. The van der Waals surface area contributed by atoms with Gasteiger partial charge in [0.15, 0.2) is 0 Å². The number of phenolic OH excluding ortho intramolecular Hbond substituents is 1. The number of nitrogens with zero attached hydrogens (tertiary/aromatic N) is 1. The summed E-state index contributed by atoms with van der Waals surface area (Å²) in [7, 11) is 4.01. The molecule has 0 aliphatic carbocycles. The number of nitrogens with one attached hydrogen (secondary N) is 1. The normalized spacial score (nSPS) is 12.9. The first-order chi connectivity index (χ1) is 12.0. The Hall–Kier alpha value is -2.59. The van der Waals surface area contributed by atoms with Gasteiger partial charge in [-0.2, -0.15) is 0 Å². The highest BCUT2D eigenvalue weighted by Gasteiger charge is 2.14. The maximum Gasteiger partial charge on any atom is 0.246 e. The average molecular weight is 338 g/mol. The molecule has 4 nitrogen and oxygen atoms in total. The summed E-state index contributed by atoms with van der Waals surface area (Å²) < 4.78 is 0. The third-order valence-electron chi connectivity index (χ3n) is 4.18. The largest absolute Gasteiger partial charge is 0.508 e. The summed E-state index contributed by atoms with van der Waals surface area (Å²) in [6.07, 6.45) is 2.69. The van der Waals surface area contributed by atoms with Crippen molar-refractivity contribution < 1.29 is 9.90 Å². The quantitative estimate of drug-likeness (QED) is 0.763. The van der Waals surface area contributed by atoms with Gasteiger partial charge in [0, 0.05) is 18.2 Å². The molecule has 0 unspecified atom stereocenters. The zero-order valence-electron chi connectivity index (χ0n) is 15.1. The van der Waals surface area contributed by atoms with Crippen LogP contribution in [0, 0.1) is 0 Å². The number of aromatic hydroxyl groups is 1. The van der Waals surface area contributed by atoms with Crippen LogP contribution in [0.5, 0.6) is 5.75 Å². The van der Waals surface area contributed by atoms with Crippen molar-refractivity contribution in [1.29, 1.82) is 0 Å². The molecule has 132 valence electrons. The second-order valence-electron chi connectivity index (χ2n) is 6.44. The zero-order chi connectivity index (χ0) is 18.2. The Balaban J connectivity index is 1.94. The summed E-state index contributed by atoms with van der Waals surface area (Å²) in [5, 5.41) is 12.4. The number of amides is 1. The standard InChI is InChI=1S/C21H26N2O2/c1-16(13-17-7-5-4-6-8-17)21(25)22-15-19(23(2)3)14-18-9-11-20(24)12-10-18/h4-13,19,24H,14-15H2,1-3H3,(H,22,25)/b16-13+/t19-/m0/s1. The Morgan fingerprint density at radius 3 is 2.36 bits per heavy atom. The van der Waals surface area contributed by atoms with Crippen LogP contribution in [-0.4, -0.2) is 42.6 Å². The number of carbonyl (C=O) groups excluding carboxylic acids is 1. The van der Waals surface area contributed by atoms with E-state index < -0.39 is 0 Å². The van der Waals surface area contributed by atoms with E-state index in [4.69, 9.17) is 0 Å². The van der Waals surface area contributed by atoms with Crippen molar-refractivity contribution in [2.24, 2.45) is 0 Å². The second-order valence-corrected chi connectivity index (χ2v) is 6.44. The number of likely N-dealkylation sites (N-methyl/N-ethyl adjacent to an activating group) is 1. The lowest BCUT2D eigenvalue weighted by molar-refractivity contribution is -0.117. The fraction of sp³-hybridized carbons (Fsp3) is 0.286. The summed E-state index contributed by atoms with van der Waals surface area (Å²) in [4.78, 5) is 14.4. The van der Waals surface area contributed by atoms with Gasteiger partial charge < -0.3 is 15.3 Å². The number of hydrogen-bond donors (Lipinski definition) is 2. The van der Waals surface area contributed by atoms with Gasteiger partial charge >= 0.3 is 0 Å². The minimum absolute atomic E-state index is 0.0543. The molecule has 0 aromatic heterocycles. The van der Waals surface area contributed by atoms with E-state index in [0.29, 0.717) is 12.1 Å². The first-order valence-electron chi connectivity index (χ1n) is 8.41. The maximum absolute atomic E-state index is 12.3. The van der Waals surface area contributed by atoms with Gasteiger partial charge in [-0.05, 0) is 56.8 Å². The van der Waals surface area contributed by atoms with Crippen molar-refractivity contribution in [3.8, 4) is 5.75 Å². The Labute approximate surface area is 149 Å². The minimum Gasteiger partial charge on any atom is -0.508 e. The van der Waals surface area contributed by atoms with Gasteiger partial charge in [0.1, 0.15) is 5.75 Å². The van der Waals surface area contributed by atoms with Gasteiger partial charge in [-0.25, -0.2) is 0 Å². The van der Waals surface area contributed by atoms with Crippen molar-refractivity contribution in [1.82, 2.24) is 10.2 Å². The van der Waals surface area contributed by atoms with Crippen LogP contribution in [0.4, 0.5) is 0 Å². The molecule has 2 rings (SSSR count). The summed E-state index contributed by atoms with van der Waals surface area (Å²) in [5.41, 5.74) is 2.83. The van der Waals surface area contributed by atoms with E-state index >= 15 is 0 Å². The van der Waals surface area contributed by atoms with Crippen molar-refractivity contribution >= 4 is 12.0 Å². The predicted octanol–water partition coefficient (Wildman–Crippen LogP) is 3.08. The molecule has 1 amide bonds. The zero-order valence-corrected chi connectivity index (χ0v) is 15.1. The molecule has 25 heavy (non-hydrogen) atoms. The van der Waals surface area contributed by atoms with Crippen LogP contribution in [0.15, 0.2) is 60.2 Å². The number of phenols is 1. The number of hydrogen-bond acceptors (Lipinski definition) is 3. The fourth-order valence-corrected chi connectivity index (χ4v) is 2.56. The Morgan fingerprint density at radius 1 is 1.12 bits per heavy atom. The van der Waals surface area contributed by atoms with Crippen LogP contribution < -0.4 is 5.32 Å². The molecule has 0 fully saturated rings. The number of benzene rings is 2. The average Bonchev–Trinajstić information content (AvgIpc) is 2.60. The summed E-state index contributed by atoms with van der Waals surface area (Å²) in [5.74, 6) is 0.210. The number of rotatable bonds is 7. The second kappa shape index (κ2) is 9.04. The van der Waals surface area contributed by atoms with Crippen molar-refractivity contribution in [2.75, 3.05) is 20.6 Å². The lowest BCUT2D eigenvalue weighted by Gasteiger charge is -2.25. The molecular formula is C21H26N2O2. The molecule has 2 N–H and O–H groups in total. The summed E-state index contributed by atoms with van der Waals surface area (Å²) in [6, 6.07) is 17.2. The van der Waals surface area contributed by atoms with Crippen LogP contribution in [0.1, 0.15) is 18.1 Å². The van der Waals surface area contributed by atoms with Gasteiger partial charge in [-0.1, -0.05) is 42.5 Å². The van der Waals surface area contributed by atoms with Gasteiger partial charge in [-0.15, -0.1) is 0 Å². The van der Waals surface area contributed by atoms with Gasteiger partial charge in [0.2, 0.25) is 5.91 Å². The summed E-state index contributed by atoms with van der Waals surface area (Å²) in [6.45, 7) is 2.39. The van der Waals surface area contributed by atoms with Gasteiger partial charge in [-0.3, -0.25) is 4.79 Å². The first-order valence-corrected chi connectivity index (χ1v) is 8.41.